The van der Waals surface area contributed by atoms with Crippen LogP contribution >= 0.6 is 0 Å². The second kappa shape index (κ2) is 10.9. The molecular formula is C28H40FN3O5. The summed E-state index contributed by atoms with van der Waals surface area (Å²) in [5.74, 6) is -0.651. The number of fused-ring (bicyclic) bond motifs is 1. The standard InChI is InChI=1S/C28H40FN3O5/c1-16(17-8-9-19-13-20(29)11-10-18(19)12-17)30-24(34)22-14-21(33)15-32(22)25(35)23(27(2,3)4)31-26(36)37-28(5,6)7/h8-13,16,21-23,25,33,35H,14-15H2,1-7H3,(H,30,34)(H,31,36)/t16-,21+,22-,23+,25-/m0/s1. The van der Waals surface area contributed by atoms with Crippen molar-refractivity contribution in [2.75, 3.05) is 6.54 Å². The summed E-state index contributed by atoms with van der Waals surface area (Å²) in [6.45, 7) is 12.8. The number of carbonyl (C=O) groups is 2. The summed E-state index contributed by atoms with van der Waals surface area (Å²) < 4.78 is 18.9. The lowest BCUT2D eigenvalue weighted by molar-refractivity contribution is -0.132. The molecule has 0 spiro atoms. The molecule has 9 heteroatoms. The van der Waals surface area contributed by atoms with E-state index in [0.29, 0.717) is 0 Å². The fourth-order valence-corrected chi connectivity index (χ4v) is 4.65. The fourth-order valence-electron chi connectivity index (χ4n) is 4.65. The summed E-state index contributed by atoms with van der Waals surface area (Å²) in [7, 11) is 0. The van der Waals surface area contributed by atoms with E-state index in [2.05, 4.69) is 10.6 Å². The van der Waals surface area contributed by atoms with Crippen LogP contribution in [0.1, 0.15) is 66.5 Å². The third-order valence-corrected chi connectivity index (χ3v) is 6.55. The summed E-state index contributed by atoms with van der Waals surface area (Å²) >= 11 is 0. The Bertz CT molecular complexity index is 1130. The zero-order valence-electron chi connectivity index (χ0n) is 22.7. The van der Waals surface area contributed by atoms with Gasteiger partial charge < -0.3 is 25.6 Å². The molecule has 0 saturated carbocycles. The number of benzene rings is 2. The van der Waals surface area contributed by atoms with Gasteiger partial charge in [-0.25, -0.2) is 9.18 Å². The predicted octanol–water partition coefficient (Wildman–Crippen LogP) is 3.85. The van der Waals surface area contributed by atoms with E-state index in [9.17, 15) is 24.2 Å². The lowest BCUT2D eigenvalue weighted by Gasteiger charge is -2.40. The average Bonchev–Trinajstić information content (AvgIpc) is 3.16. The van der Waals surface area contributed by atoms with Gasteiger partial charge in [0, 0.05) is 6.54 Å². The number of aliphatic hydroxyl groups is 2. The van der Waals surface area contributed by atoms with Crippen LogP contribution in [-0.2, 0) is 9.53 Å². The van der Waals surface area contributed by atoms with Gasteiger partial charge in [0.2, 0.25) is 5.91 Å². The largest absolute Gasteiger partial charge is 0.444 e. The molecule has 1 heterocycles. The Morgan fingerprint density at radius 2 is 1.68 bits per heavy atom. The van der Waals surface area contributed by atoms with Crippen molar-refractivity contribution in [3.8, 4) is 0 Å². The monoisotopic (exact) mass is 517 g/mol. The van der Waals surface area contributed by atoms with Gasteiger partial charge in [-0.1, -0.05) is 39.0 Å². The molecule has 204 valence electrons. The number of nitrogens with zero attached hydrogens (tertiary/aromatic N) is 1. The van der Waals surface area contributed by atoms with Crippen LogP contribution in [0.2, 0.25) is 0 Å². The number of hydrogen-bond donors (Lipinski definition) is 4. The molecule has 37 heavy (non-hydrogen) atoms. The molecule has 0 unspecified atom stereocenters. The Morgan fingerprint density at radius 1 is 1.05 bits per heavy atom. The number of β-amino-alcohol motifs (C(OH)–C–C–N with tert-alkyl or cyclic N) is 1. The lowest BCUT2D eigenvalue weighted by Crippen LogP contribution is -2.60. The zero-order chi connectivity index (χ0) is 27.7. The molecular weight excluding hydrogens is 477 g/mol. The van der Waals surface area contributed by atoms with E-state index < -0.39 is 41.5 Å². The van der Waals surface area contributed by atoms with Gasteiger partial charge in [-0.05, 0) is 74.1 Å². The molecule has 0 radical (unpaired) electrons. The Balaban J connectivity index is 1.76. The van der Waals surface area contributed by atoms with Crippen molar-refractivity contribution in [3.63, 3.8) is 0 Å². The van der Waals surface area contributed by atoms with Crippen molar-refractivity contribution in [2.45, 2.75) is 90.9 Å². The van der Waals surface area contributed by atoms with Gasteiger partial charge >= 0.3 is 6.09 Å². The minimum atomic E-state index is -1.24. The van der Waals surface area contributed by atoms with Gasteiger partial charge in [-0.15, -0.1) is 0 Å². The number of likely N-dealkylation sites (tertiary alicyclic amines) is 1. The molecule has 4 N–H and O–H groups in total. The first-order valence-electron chi connectivity index (χ1n) is 12.7. The van der Waals surface area contributed by atoms with Gasteiger partial charge in [0.25, 0.3) is 0 Å². The number of halogens is 1. The predicted molar refractivity (Wildman–Crippen MR) is 140 cm³/mol. The lowest BCUT2D eigenvalue weighted by atomic mass is 9.85. The molecule has 2 amide bonds. The Labute approximate surface area is 218 Å². The summed E-state index contributed by atoms with van der Waals surface area (Å²) in [5.41, 5.74) is -0.447. The molecule has 0 aromatic heterocycles. The van der Waals surface area contributed by atoms with Gasteiger partial charge in [-0.3, -0.25) is 9.69 Å². The maximum Gasteiger partial charge on any atom is 0.408 e. The van der Waals surface area contributed by atoms with Crippen LogP contribution in [0.4, 0.5) is 9.18 Å². The molecule has 1 aliphatic heterocycles. The van der Waals surface area contributed by atoms with Gasteiger partial charge in [0.05, 0.1) is 24.2 Å². The highest BCUT2D eigenvalue weighted by Crippen LogP contribution is 2.30. The van der Waals surface area contributed by atoms with Gasteiger partial charge in [-0.2, -0.15) is 0 Å². The third kappa shape index (κ3) is 7.40. The molecule has 0 bridgehead atoms. The fraction of sp³-hybridized carbons (Fsp3) is 0.571. The first-order chi connectivity index (χ1) is 17.0. The summed E-state index contributed by atoms with van der Waals surface area (Å²) in [6, 6.07) is 8.15. The number of hydrogen-bond acceptors (Lipinski definition) is 6. The minimum absolute atomic E-state index is 0.0811. The summed E-state index contributed by atoms with van der Waals surface area (Å²) in [4.78, 5) is 27.4. The van der Waals surface area contributed by atoms with Crippen LogP contribution < -0.4 is 10.6 Å². The molecule has 2 aromatic rings. The first-order valence-corrected chi connectivity index (χ1v) is 12.7. The highest BCUT2D eigenvalue weighted by Gasteiger charge is 2.45. The van der Waals surface area contributed by atoms with E-state index in [1.807, 2.05) is 45.9 Å². The van der Waals surface area contributed by atoms with E-state index >= 15 is 0 Å². The van der Waals surface area contributed by atoms with Crippen LogP contribution in [0, 0.1) is 11.2 Å². The highest BCUT2D eigenvalue weighted by molar-refractivity contribution is 5.85. The number of alkyl carbamates (subject to hydrolysis) is 1. The van der Waals surface area contributed by atoms with E-state index in [4.69, 9.17) is 4.74 Å². The Kier molecular flexibility index (Phi) is 8.51. The van der Waals surface area contributed by atoms with Crippen LogP contribution in [0.25, 0.3) is 10.8 Å². The summed E-state index contributed by atoms with van der Waals surface area (Å²) in [5, 5.41) is 29.1. The number of ether oxygens (including phenoxy) is 1. The number of aliphatic hydroxyl groups excluding tert-OH is 2. The van der Waals surface area contributed by atoms with Gasteiger partial charge in [0.1, 0.15) is 17.6 Å². The van der Waals surface area contributed by atoms with Crippen molar-refractivity contribution in [3.05, 3.63) is 47.8 Å². The average molecular weight is 518 g/mol. The van der Waals surface area contributed by atoms with Crippen molar-refractivity contribution >= 4 is 22.8 Å². The number of rotatable bonds is 6. The smallest absolute Gasteiger partial charge is 0.408 e. The zero-order valence-corrected chi connectivity index (χ0v) is 22.7. The van der Waals surface area contributed by atoms with Crippen molar-refractivity contribution in [2.24, 2.45) is 5.41 Å². The number of amides is 2. The molecule has 1 aliphatic rings. The molecule has 1 saturated heterocycles. The minimum Gasteiger partial charge on any atom is -0.444 e. The molecule has 2 aromatic carbocycles. The van der Waals surface area contributed by atoms with E-state index in [1.54, 1.807) is 26.8 Å². The number of nitrogens with one attached hydrogen (secondary N) is 2. The quantitative estimate of drug-likeness (QED) is 0.463. The normalized spacial score (nSPS) is 21.4. The van der Waals surface area contributed by atoms with Crippen molar-refractivity contribution in [1.82, 2.24) is 15.5 Å². The number of carbonyl (C=O) groups excluding carboxylic acids is 2. The third-order valence-electron chi connectivity index (χ3n) is 6.55. The SMILES string of the molecule is C[C@H](NC(=O)[C@@H]1C[C@@H](O)CN1[C@@H](O)[C@@H](NC(=O)OC(C)(C)C)C(C)(C)C)c1ccc2cc(F)ccc2c1. The first kappa shape index (κ1) is 28.8. The topological polar surface area (TPSA) is 111 Å². The van der Waals surface area contributed by atoms with Crippen LogP contribution in [0.15, 0.2) is 36.4 Å². The molecule has 3 rings (SSSR count). The molecule has 1 fully saturated rings. The van der Waals surface area contributed by atoms with Crippen molar-refractivity contribution in [1.29, 1.82) is 0 Å². The van der Waals surface area contributed by atoms with Crippen molar-refractivity contribution < 1.29 is 28.9 Å². The van der Waals surface area contributed by atoms with Crippen LogP contribution in [0.5, 0.6) is 0 Å². The molecule has 8 nitrogen and oxygen atoms in total. The van der Waals surface area contributed by atoms with E-state index in [-0.39, 0.29) is 30.7 Å². The van der Waals surface area contributed by atoms with E-state index in [0.717, 1.165) is 16.3 Å². The van der Waals surface area contributed by atoms with Gasteiger partial charge in [0.15, 0.2) is 0 Å². The van der Waals surface area contributed by atoms with Crippen LogP contribution in [0.3, 0.4) is 0 Å². The van der Waals surface area contributed by atoms with Crippen LogP contribution in [-0.4, -0.2) is 63.7 Å². The maximum absolute atomic E-state index is 13.5. The maximum atomic E-state index is 13.5. The molecule has 5 atom stereocenters. The Hall–Kier alpha value is -2.75. The molecule has 0 aliphatic carbocycles. The Morgan fingerprint density at radius 3 is 2.30 bits per heavy atom. The highest BCUT2D eigenvalue weighted by atomic mass is 19.1. The van der Waals surface area contributed by atoms with E-state index in [1.165, 1.54) is 17.0 Å². The summed E-state index contributed by atoms with van der Waals surface area (Å²) in [6.07, 6.45) is -2.57. The second-order valence-corrected chi connectivity index (χ2v) is 12.0. The second-order valence-electron chi connectivity index (χ2n) is 12.0.